The molecule has 1 unspecified atom stereocenters. The van der Waals surface area contributed by atoms with Crippen molar-refractivity contribution in [2.24, 2.45) is 0 Å². The lowest BCUT2D eigenvalue weighted by Crippen LogP contribution is -2.63. The van der Waals surface area contributed by atoms with Gasteiger partial charge in [-0.1, -0.05) is 30.3 Å². The molecule has 3 aromatic rings. The molecule has 37 heavy (non-hydrogen) atoms. The Hall–Kier alpha value is -3.40. The van der Waals surface area contributed by atoms with Crippen LogP contribution < -0.4 is 20.0 Å². The van der Waals surface area contributed by atoms with Crippen molar-refractivity contribution in [3.8, 4) is 5.75 Å². The number of benzene rings is 2. The van der Waals surface area contributed by atoms with Crippen LogP contribution in [0.2, 0.25) is 0 Å². The summed E-state index contributed by atoms with van der Waals surface area (Å²) < 4.78 is 5.75. The first kappa shape index (κ1) is 24.0. The Labute approximate surface area is 218 Å². The van der Waals surface area contributed by atoms with Gasteiger partial charge in [-0.2, -0.15) is 0 Å². The molecule has 1 aromatic heterocycles. The SMILES string of the molecule is COc1cc(N2CC(N3CCN(C)CC3)C2)ccc1Nc1cc(N2OCCC2c2ccccc2)ncn1. The van der Waals surface area contributed by atoms with Gasteiger partial charge in [0.1, 0.15) is 17.9 Å². The standard InChI is InChI=1S/C28H35N7O2/c1-32-11-13-33(14-12-32)23-18-34(19-23)22-8-9-24(26(16-22)36-2)31-27-17-28(30-20-29-27)35-25(10-15-37-35)21-6-4-3-5-7-21/h3-9,16-17,20,23,25H,10-15,18-19H2,1-2H3,(H,29,30,31). The Morgan fingerprint density at radius 3 is 2.57 bits per heavy atom. The van der Waals surface area contributed by atoms with Gasteiger partial charge in [-0.15, -0.1) is 0 Å². The summed E-state index contributed by atoms with van der Waals surface area (Å²) in [6.07, 6.45) is 2.49. The quantitative estimate of drug-likeness (QED) is 0.523. The van der Waals surface area contributed by atoms with Crippen molar-refractivity contribution in [2.75, 3.05) is 75.3 Å². The second kappa shape index (κ2) is 10.5. The summed E-state index contributed by atoms with van der Waals surface area (Å²) in [5.41, 5.74) is 3.27. The molecular weight excluding hydrogens is 466 g/mol. The maximum atomic E-state index is 5.95. The number of aromatic nitrogens is 2. The number of nitrogens with one attached hydrogen (secondary N) is 1. The van der Waals surface area contributed by atoms with Crippen molar-refractivity contribution in [1.29, 1.82) is 0 Å². The van der Waals surface area contributed by atoms with E-state index >= 15 is 0 Å². The number of ether oxygens (including phenoxy) is 1. The summed E-state index contributed by atoms with van der Waals surface area (Å²) in [6.45, 7) is 7.43. The van der Waals surface area contributed by atoms with Gasteiger partial charge in [0.15, 0.2) is 5.82 Å². The Kier molecular flexibility index (Phi) is 6.82. The Morgan fingerprint density at radius 1 is 0.973 bits per heavy atom. The van der Waals surface area contributed by atoms with Crippen molar-refractivity contribution in [3.63, 3.8) is 0 Å². The van der Waals surface area contributed by atoms with Crippen LogP contribution in [0.1, 0.15) is 18.0 Å². The largest absolute Gasteiger partial charge is 0.494 e. The maximum absolute atomic E-state index is 5.95. The van der Waals surface area contributed by atoms with Gasteiger partial charge in [-0.05, 0) is 24.7 Å². The lowest BCUT2D eigenvalue weighted by molar-refractivity contribution is 0.0963. The molecule has 0 bridgehead atoms. The normalized spacial score (nSPS) is 21.2. The van der Waals surface area contributed by atoms with Crippen LogP contribution in [0.4, 0.5) is 23.0 Å². The molecule has 0 saturated carbocycles. The van der Waals surface area contributed by atoms with Crippen LogP contribution in [0.5, 0.6) is 5.75 Å². The van der Waals surface area contributed by atoms with E-state index in [1.165, 1.54) is 11.3 Å². The van der Waals surface area contributed by atoms with Crippen LogP contribution >= 0.6 is 0 Å². The smallest absolute Gasteiger partial charge is 0.158 e. The molecule has 3 aliphatic rings. The fourth-order valence-electron chi connectivity index (χ4n) is 5.41. The second-order valence-corrected chi connectivity index (χ2v) is 10.0. The highest BCUT2D eigenvalue weighted by Gasteiger charge is 2.33. The number of methoxy groups -OCH3 is 1. The Balaban J connectivity index is 1.13. The number of anilines is 4. The van der Waals surface area contributed by atoms with Crippen molar-refractivity contribution < 1.29 is 9.57 Å². The van der Waals surface area contributed by atoms with E-state index in [0.29, 0.717) is 18.5 Å². The lowest BCUT2D eigenvalue weighted by Gasteiger charge is -2.48. The molecule has 0 amide bonds. The molecule has 1 N–H and O–H groups in total. The third-order valence-electron chi connectivity index (χ3n) is 7.70. The molecule has 0 aliphatic carbocycles. The van der Waals surface area contributed by atoms with Crippen LogP contribution in [0.25, 0.3) is 0 Å². The zero-order chi connectivity index (χ0) is 25.2. The van der Waals surface area contributed by atoms with Crippen LogP contribution in [-0.4, -0.2) is 85.8 Å². The van der Waals surface area contributed by atoms with Gasteiger partial charge in [0.25, 0.3) is 0 Å². The highest BCUT2D eigenvalue weighted by Crippen LogP contribution is 2.36. The molecular formula is C28H35N7O2. The van der Waals surface area contributed by atoms with Gasteiger partial charge in [-0.25, -0.2) is 15.0 Å². The van der Waals surface area contributed by atoms with Crippen LogP contribution in [-0.2, 0) is 4.84 Å². The third-order valence-corrected chi connectivity index (χ3v) is 7.70. The molecule has 9 nitrogen and oxygen atoms in total. The number of likely N-dealkylation sites (N-methyl/N-ethyl adjacent to an activating group) is 1. The molecule has 2 aromatic carbocycles. The lowest BCUT2D eigenvalue weighted by atomic mass is 10.0. The van der Waals surface area contributed by atoms with Crippen molar-refractivity contribution in [2.45, 2.75) is 18.5 Å². The van der Waals surface area contributed by atoms with E-state index < -0.39 is 0 Å². The van der Waals surface area contributed by atoms with Crippen molar-refractivity contribution in [1.82, 2.24) is 19.8 Å². The minimum atomic E-state index is 0.129. The van der Waals surface area contributed by atoms with Gasteiger partial charge in [0.2, 0.25) is 0 Å². The fourth-order valence-corrected chi connectivity index (χ4v) is 5.41. The van der Waals surface area contributed by atoms with Crippen LogP contribution in [0, 0.1) is 0 Å². The Morgan fingerprint density at radius 2 is 1.78 bits per heavy atom. The van der Waals surface area contributed by atoms with E-state index in [9.17, 15) is 0 Å². The predicted molar refractivity (Wildman–Crippen MR) is 146 cm³/mol. The first-order valence-electron chi connectivity index (χ1n) is 13.1. The molecule has 3 aliphatic heterocycles. The highest BCUT2D eigenvalue weighted by atomic mass is 16.7. The number of hydroxylamine groups is 1. The molecule has 6 rings (SSSR count). The monoisotopic (exact) mass is 501 g/mol. The van der Waals surface area contributed by atoms with E-state index in [1.807, 2.05) is 17.2 Å². The zero-order valence-corrected chi connectivity index (χ0v) is 21.6. The molecule has 3 saturated heterocycles. The number of hydrogen-bond acceptors (Lipinski definition) is 9. The van der Waals surface area contributed by atoms with Gasteiger partial charge in [0, 0.05) is 69.6 Å². The first-order valence-corrected chi connectivity index (χ1v) is 13.1. The van der Waals surface area contributed by atoms with Gasteiger partial charge >= 0.3 is 0 Å². The minimum Gasteiger partial charge on any atom is -0.494 e. The van der Waals surface area contributed by atoms with E-state index in [4.69, 9.17) is 9.57 Å². The van der Waals surface area contributed by atoms with Crippen LogP contribution in [0.15, 0.2) is 60.9 Å². The van der Waals surface area contributed by atoms with Crippen LogP contribution in [0.3, 0.4) is 0 Å². The number of rotatable bonds is 7. The molecule has 4 heterocycles. The summed E-state index contributed by atoms with van der Waals surface area (Å²) in [5, 5.41) is 5.31. The number of hydrogen-bond donors (Lipinski definition) is 1. The molecule has 0 radical (unpaired) electrons. The van der Waals surface area contributed by atoms with Crippen molar-refractivity contribution >= 4 is 23.0 Å². The highest BCUT2D eigenvalue weighted by molar-refractivity contribution is 5.70. The molecule has 0 spiro atoms. The van der Waals surface area contributed by atoms with E-state index in [1.54, 1.807) is 13.4 Å². The van der Waals surface area contributed by atoms with Gasteiger partial charge in [0.05, 0.1) is 25.4 Å². The second-order valence-electron chi connectivity index (χ2n) is 10.0. The zero-order valence-electron chi connectivity index (χ0n) is 21.6. The summed E-state index contributed by atoms with van der Waals surface area (Å²) in [5.74, 6) is 2.22. The maximum Gasteiger partial charge on any atom is 0.158 e. The number of nitrogens with zero attached hydrogens (tertiary/aromatic N) is 6. The van der Waals surface area contributed by atoms with Gasteiger partial charge < -0.3 is 19.9 Å². The van der Waals surface area contributed by atoms with E-state index in [-0.39, 0.29) is 6.04 Å². The summed E-state index contributed by atoms with van der Waals surface area (Å²) in [6, 6.07) is 19.4. The predicted octanol–water partition coefficient (Wildman–Crippen LogP) is 3.55. The summed E-state index contributed by atoms with van der Waals surface area (Å²) in [7, 11) is 3.91. The molecule has 9 heteroatoms. The summed E-state index contributed by atoms with van der Waals surface area (Å²) >= 11 is 0. The third kappa shape index (κ3) is 5.07. The Bertz CT molecular complexity index is 1200. The molecule has 1 atom stereocenters. The fraction of sp³-hybridized carbons (Fsp3) is 0.429. The average molecular weight is 502 g/mol. The first-order chi connectivity index (χ1) is 18.2. The van der Waals surface area contributed by atoms with E-state index in [2.05, 4.69) is 79.5 Å². The number of piperazine rings is 1. The van der Waals surface area contributed by atoms with Crippen molar-refractivity contribution in [3.05, 3.63) is 66.5 Å². The van der Waals surface area contributed by atoms with E-state index in [0.717, 1.165) is 62.9 Å². The topological polar surface area (TPSA) is 69.2 Å². The summed E-state index contributed by atoms with van der Waals surface area (Å²) in [4.78, 5) is 22.4. The molecule has 194 valence electrons. The van der Waals surface area contributed by atoms with Gasteiger partial charge in [-0.3, -0.25) is 9.74 Å². The minimum absolute atomic E-state index is 0.129. The average Bonchev–Trinajstić information content (AvgIpc) is 3.41. The molecule has 3 fully saturated rings.